The van der Waals surface area contributed by atoms with E-state index in [0.717, 1.165) is 24.8 Å². The van der Waals surface area contributed by atoms with Crippen molar-refractivity contribution in [1.82, 2.24) is 0 Å². The summed E-state index contributed by atoms with van der Waals surface area (Å²) < 4.78 is 0. The maximum atomic E-state index is 6.49. The van der Waals surface area contributed by atoms with Gasteiger partial charge in [-0.15, -0.1) is 0 Å². The van der Waals surface area contributed by atoms with E-state index in [0.29, 0.717) is 5.92 Å². The second kappa shape index (κ2) is 10.6. The summed E-state index contributed by atoms with van der Waals surface area (Å²) in [7, 11) is -1.83. The molecule has 0 amide bonds. The van der Waals surface area contributed by atoms with Crippen molar-refractivity contribution in [2.45, 2.75) is 52.0 Å². The minimum absolute atomic E-state index is 0.236. The second-order valence-electron chi connectivity index (χ2n) is 8.35. The molecule has 0 aromatic heterocycles. The Kier molecular flexibility index (Phi) is 8.74. The predicted octanol–water partition coefficient (Wildman–Crippen LogP) is 7.00. The van der Waals surface area contributed by atoms with Crippen LogP contribution in [0.25, 0.3) is 0 Å². The van der Waals surface area contributed by atoms with Gasteiger partial charge in [0.05, 0.1) is 0 Å². The third-order valence-corrected chi connectivity index (χ3v) is 7.88. The molecule has 1 aliphatic heterocycles. The van der Waals surface area contributed by atoms with Crippen LogP contribution in [0.5, 0.6) is 0 Å². The van der Waals surface area contributed by atoms with Gasteiger partial charge in [-0.1, -0.05) is 6.58 Å². The Morgan fingerprint density at radius 3 is 2.68 bits per heavy atom. The first-order valence-corrected chi connectivity index (χ1v) is 14.3. The molecule has 4 heteroatoms. The monoisotopic (exact) mass is 416 g/mol. The molecule has 28 heavy (non-hydrogen) atoms. The van der Waals surface area contributed by atoms with Crippen LogP contribution in [0.1, 0.15) is 46.0 Å². The van der Waals surface area contributed by atoms with Crippen LogP contribution in [0.4, 0.5) is 0 Å². The molecule has 1 unspecified atom stereocenters. The Balaban J connectivity index is 2.00. The van der Waals surface area contributed by atoms with Crippen LogP contribution < -0.4 is 5.50 Å². The van der Waals surface area contributed by atoms with Gasteiger partial charge in [0.25, 0.3) is 0 Å². The molecule has 0 aromatic rings. The molecule has 0 radical (unpaired) electrons. The summed E-state index contributed by atoms with van der Waals surface area (Å²) in [6, 6.07) is 0.236. The SMILES string of the molecule is C=C/C=C(/C1=NC(CCC(=C)/C=C(C)\C(=C/CC)[PH](C)(C)N)C=CS1)C1CC1. The number of nitrogens with zero attached hydrogens (tertiary/aromatic N) is 1. The quantitative estimate of drug-likeness (QED) is 0.308. The van der Waals surface area contributed by atoms with Gasteiger partial charge in [-0.25, -0.2) is 0 Å². The van der Waals surface area contributed by atoms with Gasteiger partial charge in [0, 0.05) is 0 Å². The number of hydrogen-bond donors (Lipinski definition) is 1. The van der Waals surface area contributed by atoms with Crippen molar-refractivity contribution < 1.29 is 0 Å². The van der Waals surface area contributed by atoms with Gasteiger partial charge in [0.15, 0.2) is 0 Å². The van der Waals surface area contributed by atoms with E-state index in [9.17, 15) is 0 Å². The number of rotatable bonds is 10. The fraction of sp³-hybridized carbons (Fsp3) is 0.458. The Morgan fingerprint density at radius 1 is 1.39 bits per heavy atom. The average Bonchev–Trinajstić information content (AvgIpc) is 3.46. The number of nitrogens with two attached hydrogens (primary N) is 1. The molecular weight excluding hydrogens is 379 g/mol. The zero-order chi connectivity index (χ0) is 20.7. The normalized spacial score (nSPS) is 22.1. The molecule has 1 fully saturated rings. The van der Waals surface area contributed by atoms with Gasteiger partial charge in [-0.3, -0.25) is 0 Å². The van der Waals surface area contributed by atoms with E-state index in [1.807, 2.05) is 6.08 Å². The number of hydrogen-bond acceptors (Lipinski definition) is 3. The third kappa shape index (κ3) is 7.03. The van der Waals surface area contributed by atoms with Gasteiger partial charge in [-0.2, -0.15) is 0 Å². The van der Waals surface area contributed by atoms with E-state index in [2.05, 4.69) is 70.0 Å². The van der Waals surface area contributed by atoms with Crippen LogP contribution >= 0.6 is 19.2 Å². The summed E-state index contributed by atoms with van der Waals surface area (Å²) in [5.74, 6) is 0.685. The van der Waals surface area contributed by atoms with Crippen LogP contribution in [0, 0.1) is 5.92 Å². The standard InChI is InChI=1S/C24H37N2PS/c1-7-9-22(20-12-13-20)24-26-21(15-16-28-24)14-11-18(3)17-19(4)23(10-8-2)27(5,6)25/h7,9-10,15-17,20-21,27H,1,3,8,11-14,25H2,2,4-6H3/b19-17-,22-9+,23-10+. The van der Waals surface area contributed by atoms with Crippen molar-refractivity contribution in [2.24, 2.45) is 16.4 Å². The Morgan fingerprint density at radius 2 is 2.11 bits per heavy atom. The molecule has 0 spiro atoms. The van der Waals surface area contributed by atoms with E-state index < -0.39 is 7.41 Å². The first-order chi connectivity index (χ1) is 13.3. The van der Waals surface area contributed by atoms with Crippen LogP contribution in [0.2, 0.25) is 0 Å². The summed E-state index contributed by atoms with van der Waals surface area (Å²) in [4.78, 5) is 5.01. The number of thioether (sulfide) groups is 1. The first kappa shape index (κ1) is 23.1. The van der Waals surface area contributed by atoms with Crippen LogP contribution in [0.15, 0.2) is 76.0 Å². The van der Waals surface area contributed by atoms with E-state index >= 15 is 0 Å². The molecule has 2 nitrogen and oxygen atoms in total. The molecule has 2 N–H and O–H groups in total. The van der Waals surface area contributed by atoms with E-state index in [4.69, 9.17) is 10.5 Å². The molecule has 1 atom stereocenters. The summed E-state index contributed by atoms with van der Waals surface area (Å²) in [6.07, 6.45) is 16.3. The molecule has 154 valence electrons. The van der Waals surface area contributed by atoms with Gasteiger partial charge in [0.1, 0.15) is 0 Å². The average molecular weight is 417 g/mol. The number of aliphatic imine (C=N–C) groups is 1. The van der Waals surface area contributed by atoms with Crippen LogP contribution in [0.3, 0.4) is 0 Å². The van der Waals surface area contributed by atoms with E-state index in [1.165, 1.54) is 34.3 Å². The fourth-order valence-corrected chi connectivity index (χ4v) is 6.33. The van der Waals surface area contributed by atoms with Crippen molar-refractivity contribution in [3.63, 3.8) is 0 Å². The molecular formula is C24H37N2PS. The molecule has 0 saturated heterocycles. The van der Waals surface area contributed by atoms with Gasteiger partial charge in [0.2, 0.25) is 0 Å². The molecule has 2 aliphatic rings. The maximum absolute atomic E-state index is 6.49. The zero-order valence-corrected chi connectivity index (χ0v) is 19.8. The van der Waals surface area contributed by atoms with Crippen molar-refractivity contribution in [1.29, 1.82) is 0 Å². The Labute approximate surface area is 176 Å². The molecule has 0 aromatic carbocycles. The van der Waals surface area contributed by atoms with Crippen LogP contribution in [-0.4, -0.2) is 24.4 Å². The van der Waals surface area contributed by atoms with Crippen molar-refractivity contribution in [3.8, 4) is 0 Å². The Bertz CT molecular complexity index is 743. The fourth-order valence-electron chi connectivity index (χ4n) is 3.55. The summed E-state index contributed by atoms with van der Waals surface area (Å²) in [5.41, 5.74) is 10.3. The van der Waals surface area contributed by atoms with Crippen LogP contribution in [-0.2, 0) is 0 Å². The summed E-state index contributed by atoms with van der Waals surface area (Å²) in [6.45, 7) is 16.9. The zero-order valence-electron chi connectivity index (χ0n) is 18.0. The number of allylic oxidation sites excluding steroid dienone is 7. The molecule has 0 bridgehead atoms. The molecule has 1 heterocycles. The minimum atomic E-state index is -1.83. The summed E-state index contributed by atoms with van der Waals surface area (Å²) >= 11 is 1.74. The topological polar surface area (TPSA) is 38.4 Å². The summed E-state index contributed by atoms with van der Waals surface area (Å²) in [5, 5.41) is 4.71. The molecule has 1 saturated carbocycles. The van der Waals surface area contributed by atoms with Crippen molar-refractivity contribution in [2.75, 3.05) is 13.3 Å². The van der Waals surface area contributed by atoms with Crippen molar-refractivity contribution >= 4 is 24.2 Å². The Hall–Kier alpha value is -1.15. The first-order valence-electron chi connectivity index (χ1n) is 10.4. The molecule has 2 rings (SSSR count). The second-order valence-corrected chi connectivity index (χ2v) is 13.2. The van der Waals surface area contributed by atoms with Gasteiger partial charge in [-0.05, 0) is 0 Å². The van der Waals surface area contributed by atoms with E-state index in [-0.39, 0.29) is 6.04 Å². The van der Waals surface area contributed by atoms with Gasteiger partial charge < -0.3 is 0 Å². The van der Waals surface area contributed by atoms with Crippen molar-refractivity contribution in [3.05, 3.63) is 71.0 Å². The van der Waals surface area contributed by atoms with Gasteiger partial charge >= 0.3 is 170 Å². The third-order valence-electron chi connectivity index (χ3n) is 5.03. The van der Waals surface area contributed by atoms with E-state index in [1.54, 1.807) is 11.8 Å². The molecule has 1 aliphatic carbocycles. The predicted molar refractivity (Wildman–Crippen MR) is 134 cm³/mol.